The standard InChI is InChI=1S/C35H28INS2/c1-3-10-26-25(21-36)24-13-4-7-14-27(24)34(26,2)32-19-17-30(38-32)31-18-20-33(39-31)35(37)28-15-8-5-11-22(28)23-12-6-9-16-29(23)35/h3-20H,21,37H2,1-2H3/b10-3-. The summed E-state index contributed by atoms with van der Waals surface area (Å²) in [5.41, 5.74) is 17.1. The van der Waals surface area contributed by atoms with E-state index in [4.69, 9.17) is 5.73 Å². The van der Waals surface area contributed by atoms with Crippen LogP contribution in [0.3, 0.4) is 0 Å². The maximum Gasteiger partial charge on any atom is 0.103 e. The van der Waals surface area contributed by atoms with Crippen molar-refractivity contribution in [2.45, 2.75) is 24.8 Å². The lowest BCUT2D eigenvalue weighted by Crippen LogP contribution is -2.36. The molecule has 0 bridgehead atoms. The molecule has 3 aromatic carbocycles. The van der Waals surface area contributed by atoms with Gasteiger partial charge in [0.1, 0.15) is 5.54 Å². The molecule has 2 N–H and O–H groups in total. The molecule has 1 unspecified atom stereocenters. The van der Waals surface area contributed by atoms with Crippen molar-refractivity contribution in [3.05, 3.63) is 147 Å². The number of hydrogen-bond donors (Lipinski definition) is 1. The van der Waals surface area contributed by atoms with Crippen LogP contribution < -0.4 is 5.73 Å². The summed E-state index contributed by atoms with van der Waals surface area (Å²) in [6.45, 7) is 4.52. The van der Waals surface area contributed by atoms with Crippen LogP contribution in [0.5, 0.6) is 0 Å². The first-order valence-electron chi connectivity index (χ1n) is 13.2. The van der Waals surface area contributed by atoms with Crippen molar-refractivity contribution in [3.8, 4) is 20.9 Å². The Bertz CT molecular complexity index is 1760. The monoisotopic (exact) mass is 653 g/mol. The highest BCUT2D eigenvalue weighted by molar-refractivity contribution is 14.1. The summed E-state index contributed by atoms with van der Waals surface area (Å²) >= 11 is 6.25. The van der Waals surface area contributed by atoms with Gasteiger partial charge in [-0.15, -0.1) is 22.7 Å². The number of thiophene rings is 2. The average Bonchev–Trinajstić information content (AvgIpc) is 3.75. The Balaban J connectivity index is 1.32. The van der Waals surface area contributed by atoms with Crippen molar-refractivity contribution < 1.29 is 0 Å². The zero-order chi connectivity index (χ0) is 26.8. The average molecular weight is 654 g/mol. The minimum atomic E-state index is -0.635. The fraction of sp³-hybridized carbons (Fsp3) is 0.143. The minimum Gasteiger partial charge on any atom is -0.313 e. The Morgan fingerprint density at radius 2 is 1.21 bits per heavy atom. The van der Waals surface area contributed by atoms with Crippen molar-refractivity contribution in [1.29, 1.82) is 0 Å². The third-order valence-electron chi connectivity index (χ3n) is 8.45. The number of nitrogens with two attached hydrogens (primary N) is 1. The van der Waals surface area contributed by atoms with Crippen molar-refractivity contribution in [2.75, 3.05) is 4.43 Å². The number of rotatable bonds is 5. The molecular weight excluding hydrogens is 625 g/mol. The van der Waals surface area contributed by atoms with Crippen LogP contribution in [0.1, 0.15) is 45.9 Å². The van der Waals surface area contributed by atoms with Gasteiger partial charge >= 0.3 is 0 Å². The Labute approximate surface area is 251 Å². The van der Waals surface area contributed by atoms with E-state index < -0.39 is 5.54 Å². The van der Waals surface area contributed by atoms with Gasteiger partial charge in [-0.3, -0.25) is 0 Å². The first-order valence-corrected chi connectivity index (χ1v) is 16.4. The van der Waals surface area contributed by atoms with E-state index in [-0.39, 0.29) is 5.41 Å². The molecule has 2 heterocycles. The summed E-state index contributed by atoms with van der Waals surface area (Å²) in [7, 11) is 0. The number of fused-ring (bicyclic) bond motifs is 4. The van der Waals surface area contributed by atoms with Gasteiger partial charge in [0.25, 0.3) is 0 Å². The minimum absolute atomic E-state index is 0.162. The summed E-state index contributed by atoms with van der Waals surface area (Å²) in [6.07, 6.45) is 4.51. The van der Waals surface area contributed by atoms with Gasteiger partial charge in [0.15, 0.2) is 0 Å². The quantitative estimate of drug-likeness (QED) is 0.148. The first-order chi connectivity index (χ1) is 19.0. The lowest BCUT2D eigenvalue weighted by atomic mass is 9.77. The Kier molecular flexibility index (Phi) is 6.08. The van der Waals surface area contributed by atoms with Gasteiger partial charge in [0.2, 0.25) is 0 Å². The van der Waals surface area contributed by atoms with Crippen LogP contribution in [0.25, 0.3) is 26.5 Å². The van der Waals surface area contributed by atoms with Crippen molar-refractivity contribution >= 4 is 50.8 Å². The fourth-order valence-corrected chi connectivity index (χ4v) is 9.81. The summed E-state index contributed by atoms with van der Waals surface area (Å²) in [5.74, 6) is 0. The van der Waals surface area contributed by atoms with Gasteiger partial charge in [-0.1, -0.05) is 108 Å². The van der Waals surface area contributed by atoms with Crippen LogP contribution in [0, 0.1) is 0 Å². The molecule has 2 aromatic heterocycles. The van der Waals surface area contributed by atoms with Crippen LogP contribution >= 0.6 is 45.3 Å². The number of hydrogen-bond acceptors (Lipinski definition) is 3. The van der Waals surface area contributed by atoms with Crippen LogP contribution in [-0.4, -0.2) is 4.43 Å². The lowest BCUT2D eigenvalue weighted by molar-refractivity contribution is 0.688. The number of halogens is 1. The molecule has 0 saturated heterocycles. The van der Waals surface area contributed by atoms with E-state index in [0.29, 0.717) is 0 Å². The maximum atomic E-state index is 7.36. The smallest absolute Gasteiger partial charge is 0.103 e. The summed E-state index contributed by atoms with van der Waals surface area (Å²) in [6, 6.07) is 35.3. The fourth-order valence-electron chi connectivity index (χ4n) is 6.57. The molecule has 5 aromatic rings. The van der Waals surface area contributed by atoms with Crippen LogP contribution in [-0.2, 0) is 11.0 Å². The van der Waals surface area contributed by atoms with Crippen molar-refractivity contribution in [3.63, 3.8) is 0 Å². The summed E-state index contributed by atoms with van der Waals surface area (Å²) in [4.78, 5) is 5.13. The maximum absolute atomic E-state index is 7.36. The SMILES string of the molecule is C/C=C\C1=C(CI)c2ccccc2C1(C)c1ccc(-c2ccc(C3(N)c4ccccc4-c4ccccc43)s2)s1. The van der Waals surface area contributed by atoms with E-state index >= 15 is 0 Å². The van der Waals surface area contributed by atoms with Gasteiger partial charge in [0.05, 0.1) is 5.41 Å². The van der Waals surface area contributed by atoms with Crippen LogP contribution in [0.4, 0.5) is 0 Å². The van der Waals surface area contributed by atoms with Gasteiger partial charge in [-0.05, 0) is 82.6 Å². The third kappa shape index (κ3) is 3.51. The van der Waals surface area contributed by atoms with E-state index in [1.807, 2.05) is 22.7 Å². The molecule has 2 aliphatic rings. The second kappa shape index (κ2) is 9.41. The number of allylic oxidation sites excluding steroid dienone is 4. The molecule has 0 aliphatic heterocycles. The lowest BCUT2D eigenvalue weighted by Gasteiger charge is -2.27. The Morgan fingerprint density at radius 1 is 0.692 bits per heavy atom. The van der Waals surface area contributed by atoms with Crippen LogP contribution in [0.15, 0.2) is 115 Å². The predicted molar refractivity (Wildman–Crippen MR) is 177 cm³/mol. The second-order valence-electron chi connectivity index (χ2n) is 10.4. The molecule has 39 heavy (non-hydrogen) atoms. The highest BCUT2D eigenvalue weighted by Crippen LogP contribution is 2.55. The van der Waals surface area contributed by atoms with E-state index in [9.17, 15) is 0 Å². The van der Waals surface area contributed by atoms with Gasteiger partial charge in [-0.25, -0.2) is 0 Å². The molecule has 0 amide bonds. The molecule has 192 valence electrons. The predicted octanol–water partition coefficient (Wildman–Crippen LogP) is 9.79. The largest absolute Gasteiger partial charge is 0.313 e. The van der Waals surface area contributed by atoms with Gasteiger partial charge in [-0.2, -0.15) is 0 Å². The first kappa shape index (κ1) is 25.2. The van der Waals surface area contributed by atoms with Gasteiger partial charge in [0, 0.05) is 23.9 Å². The molecule has 1 atom stereocenters. The second-order valence-corrected chi connectivity index (χ2v) is 13.4. The van der Waals surface area contributed by atoms with E-state index in [0.717, 1.165) is 4.43 Å². The molecule has 0 radical (unpaired) electrons. The number of alkyl halides is 1. The van der Waals surface area contributed by atoms with Crippen LogP contribution in [0.2, 0.25) is 0 Å². The molecule has 4 heteroatoms. The van der Waals surface area contributed by atoms with Crippen molar-refractivity contribution in [1.82, 2.24) is 0 Å². The molecule has 1 nitrogen and oxygen atoms in total. The topological polar surface area (TPSA) is 26.0 Å². The zero-order valence-corrected chi connectivity index (χ0v) is 25.7. The molecule has 0 spiro atoms. The molecule has 7 rings (SSSR count). The van der Waals surface area contributed by atoms with E-state index in [1.54, 1.807) is 0 Å². The Morgan fingerprint density at radius 3 is 1.79 bits per heavy atom. The van der Waals surface area contributed by atoms with E-state index in [2.05, 4.69) is 146 Å². The molecule has 0 fully saturated rings. The highest BCUT2D eigenvalue weighted by Gasteiger charge is 2.43. The highest BCUT2D eigenvalue weighted by atomic mass is 127. The Hall–Kier alpha value is -2.77. The normalized spacial score (nSPS) is 19.0. The summed E-state index contributed by atoms with van der Waals surface area (Å²) in [5, 5.41) is 0. The third-order valence-corrected chi connectivity index (χ3v) is 11.9. The van der Waals surface area contributed by atoms with Crippen molar-refractivity contribution in [2.24, 2.45) is 5.73 Å². The summed E-state index contributed by atoms with van der Waals surface area (Å²) < 4.78 is 0.998. The zero-order valence-electron chi connectivity index (χ0n) is 21.9. The van der Waals surface area contributed by atoms with Gasteiger partial charge < -0.3 is 5.73 Å². The molecule has 2 aliphatic carbocycles. The molecular formula is C35H28INS2. The number of benzene rings is 3. The van der Waals surface area contributed by atoms with E-state index in [1.165, 1.54) is 64.0 Å². The molecule has 0 saturated carbocycles.